The highest BCUT2D eigenvalue weighted by Crippen LogP contribution is 2.29. The Balaban J connectivity index is 2.28. The highest BCUT2D eigenvalue weighted by Gasteiger charge is 2.13. The molecule has 0 radical (unpaired) electrons. The second-order valence-corrected chi connectivity index (χ2v) is 3.79. The number of anilines is 2. The summed E-state index contributed by atoms with van der Waals surface area (Å²) in [7, 11) is 0. The molecular formula is C11H9FN6. The highest BCUT2D eigenvalue weighted by atomic mass is 19.1. The number of aromatic amines is 1. The molecule has 0 saturated carbocycles. The van der Waals surface area contributed by atoms with Crippen LogP contribution in [0.1, 0.15) is 0 Å². The van der Waals surface area contributed by atoms with Gasteiger partial charge in [0.05, 0.1) is 11.1 Å². The summed E-state index contributed by atoms with van der Waals surface area (Å²) in [5.74, 6) is -0.0532. The van der Waals surface area contributed by atoms with Crippen molar-refractivity contribution in [1.29, 1.82) is 0 Å². The quantitative estimate of drug-likeness (QED) is 0.598. The normalized spacial score (nSPS) is 10.9. The molecule has 0 unspecified atom stereocenters. The molecule has 0 bridgehead atoms. The molecular weight excluding hydrogens is 235 g/mol. The third kappa shape index (κ3) is 1.53. The summed E-state index contributed by atoms with van der Waals surface area (Å²) in [5.41, 5.74) is 12.9. The van der Waals surface area contributed by atoms with Crippen LogP contribution in [-0.4, -0.2) is 20.2 Å². The zero-order chi connectivity index (χ0) is 12.7. The summed E-state index contributed by atoms with van der Waals surface area (Å²) in [4.78, 5) is 7.72. The largest absolute Gasteiger partial charge is 0.383 e. The van der Waals surface area contributed by atoms with E-state index in [1.165, 1.54) is 18.3 Å². The van der Waals surface area contributed by atoms with E-state index in [-0.39, 0.29) is 17.6 Å². The Bertz CT molecular complexity index is 735. The van der Waals surface area contributed by atoms with Crippen molar-refractivity contribution in [2.24, 2.45) is 0 Å². The number of halogens is 1. The van der Waals surface area contributed by atoms with Gasteiger partial charge in [0.15, 0.2) is 0 Å². The molecule has 5 N–H and O–H groups in total. The summed E-state index contributed by atoms with van der Waals surface area (Å²) in [6, 6.07) is 4.34. The minimum Gasteiger partial charge on any atom is -0.383 e. The third-order valence-electron chi connectivity index (χ3n) is 2.62. The summed E-state index contributed by atoms with van der Waals surface area (Å²) >= 11 is 0. The predicted molar refractivity (Wildman–Crippen MR) is 65.9 cm³/mol. The molecule has 0 spiro atoms. The first kappa shape index (κ1) is 10.5. The fourth-order valence-electron chi connectivity index (χ4n) is 1.78. The van der Waals surface area contributed by atoms with Gasteiger partial charge in [0, 0.05) is 11.6 Å². The third-order valence-corrected chi connectivity index (χ3v) is 2.62. The maximum atomic E-state index is 13.3. The van der Waals surface area contributed by atoms with E-state index in [0.29, 0.717) is 22.2 Å². The molecule has 1 aromatic carbocycles. The number of H-pyrrole nitrogens is 1. The van der Waals surface area contributed by atoms with Crippen LogP contribution in [0.5, 0.6) is 0 Å². The van der Waals surface area contributed by atoms with Gasteiger partial charge in [0.1, 0.15) is 17.3 Å². The molecule has 2 heterocycles. The highest BCUT2D eigenvalue weighted by molar-refractivity contribution is 5.95. The number of nitrogens with one attached hydrogen (secondary N) is 1. The van der Waals surface area contributed by atoms with Gasteiger partial charge in [-0.15, -0.1) is 0 Å². The predicted octanol–water partition coefficient (Wildman–Crippen LogP) is 1.32. The fourth-order valence-corrected chi connectivity index (χ4v) is 1.78. The van der Waals surface area contributed by atoms with Gasteiger partial charge >= 0.3 is 0 Å². The van der Waals surface area contributed by atoms with E-state index in [4.69, 9.17) is 11.5 Å². The van der Waals surface area contributed by atoms with Crippen molar-refractivity contribution in [2.45, 2.75) is 0 Å². The summed E-state index contributed by atoms with van der Waals surface area (Å²) < 4.78 is 13.3. The van der Waals surface area contributed by atoms with E-state index < -0.39 is 0 Å². The van der Waals surface area contributed by atoms with E-state index >= 15 is 0 Å². The lowest BCUT2D eigenvalue weighted by Crippen LogP contribution is -2.01. The van der Waals surface area contributed by atoms with Crippen molar-refractivity contribution in [3.8, 4) is 11.3 Å². The van der Waals surface area contributed by atoms with Crippen LogP contribution in [0.2, 0.25) is 0 Å². The van der Waals surface area contributed by atoms with Crippen LogP contribution in [0, 0.1) is 5.82 Å². The number of hydrogen-bond donors (Lipinski definition) is 3. The number of aromatic nitrogens is 4. The lowest BCUT2D eigenvalue weighted by molar-refractivity contribution is 0.630. The fraction of sp³-hybridized carbons (Fsp3) is 0. The first-order chi connectivity index (χ1) is 8.65. The van der Waals surface area contributed by atoms with Gasteiger partial charge in [-0.05, 0) is 18.2 Å². The Morgan fingerprint density at radius 2 is 2.06 bits per heavy atom. The lowest BCUT2D eigenvalue weighted by atomic mass is 10.1. The number of fused-ring (bicyclic) bond motifs is 1. The zero-order valence-electron chi connectivity index (χ0n) is 9.18. The van der Waals surface area contributed by atoms with Crippen LogP contribution in [0.25, 0.3) is 22.2 Å². The number of nitrogens with zero attached hydrogens (tertiary/aromatic N) is 3. The molecule has 3 aromatic rings. The van der Waals surface area contributed by atoms with Gasteiger partial charge in [-0.1, -0.05) is 0 Å². The molecule has 0 atom stereocenters. The number of nitrogen functional groups attached to an aromatic ring is 2. The lowest BCUT2D eigenvalue weighted by Gasteiger charge is -2.02. The van der Waals surface area contributed by atoms with E-state index in [0.717, 1.165) is 0 Å². The number of nitrogens with two attached hydrogens (primary N) is 2. The SMILES string of the molecule is Nc1ncc(-c2n[nH]c3ccc(F)cc23)c(N)n1. The molecule has 0 amide bonds. The maximum absolute atomic E-state index is 13.3. The van der Waals surface area contributed by atoms with Crippen LogP contribution in [0.15, 0.2) is 24.4 Å². The smallest absolute Gasteiger partial charge is 0.221 e. The van der Waals surface area contributed by atoms with E-state index in [1.54, 1.807) is 6.07 Å². The Labute approximate surface area is 101 Å². The van der Waals surface area contributed by atoms with Gasteiger partial charge in [0.2, 0.25) is 5.95 Å². The molecule has 90 valence electrons. The van der Waals surface area contributed by atoms with Gasteiger partial charge in [0.25, 0.3) is 0 Å². The molecule has 2 aromatic heterocycles. The molecule has 0 aliphatic heterocycles. The molecule has 0 saturated heterocycles. The first-order valence-corrected chi connectivity index (χ1v) is 5.17. The van der Waals surface area contributed by atoms with Crippen molar-refractivity contribution in [1.82, 2.24) is 20.2 Å². The zero-order valence-corrected chi connectivity index (χ0v) is 9.18. The average Bonchev–Trinajstić information content (AvgIpc) is 2.72. The molecule has 6 nitrogen and oxygen atoms in total. The van der Waals surface area contributed by atoms with Crippen molar-refractivity contribution >= 4 is 22.7 Å². The van der Waals surface area contributed by atoms with E-state index in [2.05, 4.69) is 20.2 Å². The molecule has 18 heavy (non-hydrogen) atoms. The van der Waals surface area contributed by atoms with E-state index in [9.17, 15) is 4.39 Å². The van der Waals surface area contributed by atoms with Gasteiger partial charge in [-0.25, -0.2) is 9.37 Å². The maximum Gasteiger partial charge on any atom is 0.221 e. The Kier molecular flexibility index (Phi) is 2.12. The second-order valence-electron chi connectivity index (χ2n) is 3.79. The molecule has 0 aliphatic carbocycles. The second kappa shape index (κ2) is 3.66. The molecule has 0 fully saturated rings. The summed E-state index contributed by atoms with van der Waals surface area (Å²) in [6.07, 6.45) is 1.47. The van der Waals surface area contributed by atoms with E-state index in [1.807, 2.05) is 0 Å². The van der Waals surface area contributed by atoms with Crippen molar-refractivity contribution < 1.29 is 4.39 Å². The van der Waals surface area contributed by atoms with Gasteiger partial charge in [-0.2, -0.15) is 10.1 Å². The minimum atomic E-state index is -0.347. The number of rotatable bonds is 1. The van der Waals surface area contributed by atoms with Crippen molar-refractivity contribution in [2.75, 3.05) is 11.5 Å². The molecule has 7 heteroatoms. The monoisotopic (exact) mass is 244 g/mol. The molecule has 3 rings (SSSR count). The Morgan fingerprint density at radius 3 is 2.83 bits per heavy atom. The van der Waals surface area contributed by atoms with Crippen LogP contribution < -0.4 is 11.5 Å². The topological polar surface area (TPSA) is 106 Å². The Morgan fingerprint density at radius 1 is 1.22 bits per heavy atom. The van der Waals surface area contributed by atoms with Crippen LogP contribution in [0.4, 0.5) is 16.2 Å². The van der Waals surface area contributed by atoms with Crippen LogP contribution in [-0.2, 0) is 0 Å². The van der Waals surface area contributed by atoms with Crippen LogP contribution >= 0.6 is 0 Å². The number of benzene rings is 1. The standard InChI is InChI=1S/C11H9FN6/c12-5-1-2-8-6(3-5)9(18-17-8)7-4-15-11(14)16-10(7)13/h1-4H,(H,17,18)(H4,13,14,15,16). The summed E-state index contributed by atoms with van der Waals surface area (Å²) in [5, 5.41) is 7.52. The molecule has 0 aliphatic rings. The van der Waals surface area contributed by atoms with Crippen LogP contribution in [0.3, 0.4) is 0 Å². The summed E-state index contributed by atoms with van der Waals surface area (Å²) in [6.45, 7) is 0. The van der Waals surface area contributed by atoms with Gasteiger partial charge < -0.3 is 11.5 Å². The number of hydrogen-bond acceptors (Lipinski definition) is 5. The average molecular weight is 244 g/mol. The van der Waals surface area contributed by atoms with Crippen molar-refractivity contribution in [3.63, 3.8) is 0 Å². The Hall–Kier alpha value is -2.70. The van der Waals surface area contributed by atoms with Crippen molar-refractivity contribution in [3.05, 3.63) is 30.2 Å². The first-order valence-electron chi connectivity index (χ1n) is 5.17. The minimum absolute atomic E-state index is 0.0854. The van der Waals surface area contributed by atoms with Gasteiger partial charge in [-0.3, -0.25) is 5.10 Å².